The molecule has 2 aromatic rings. The minimum Gasteiger partial charge on any atom is -0.344 e. The van der Waals surface area contributed by atoms with E-state index in [1.807, 2.05) is 0 Å². The van der Waals surface area contributed by atoms with E-state index in [1.54, 1.807) is 35.3 Å². The molecular formula is C14H20N6OS. The summed E-state index contributed by atoms with van der Waals surface area (Å²) in [5.74, 6) is -0.127. The van der Waals surface area contributed by atoms with E-state index < -0.39 is 0 Å². The Morgan fingerprint density at radius 1 is 1.36 bits per heavy atom. The molecule has 2 aromatic heterocycles. The number of anilines is 1. The molecule has 118 valence electrons. The van der Waals surface area contributed by atoms with Crippen LogP contribution in [0, 0.1) is 0 Å². The van der Waals surface area contributed by atoms with Gasteiger partial charge < -0.3 is 10.2 Å². The standard InChI is InChI=1S/C14H20N6OS/c1-14(2,3)12-16-17-13(22-12)20-7-9(8-20)15-11(21)10-5-6-19(4)18-10/h5-6,9H,7-8H2,1-4H3,(H,15,21). The number of rotatable bonds is 3. The highest BCUT2D eigenvalue weighted by Crippen LogP contribution is 2.31. The van der Waals surface area contributed by atoms with Crippen molar-refractivity contribution in [1.82, 2.24) is 25.3 Å². The van der Waals surface area contributed by atoms with Gasteiger partial charge in [-0.2, -0.15) is 5.10 Å². The van der Waals surface area contributed by atoms with Crippen LogP contribution in [-0.4, -0.2) is 45.0 Å². The molecule has 7 nitrogen and oxygen atoms in total. The number of carbonyl (C=O) groups is 1. The van der Waals surface area contributed by atoms with Crippen LogP contribution in [0.15, 0.2) is 12.3 Å². The van der Waals surface area contributed by atoms with Crippen LogP contribution in [0.1, 0.15) is 36.3 Å². The maximum atomic E-state index is 12.0. The van der Waals surface area contributed by atoms with Crippen molar-refractivity contribution in [2.75, 3.05) is 18.0 Å². The monoisotopic (exact) mass is 320 g/mol. The second-order valence-electron chi connectivity index (χ2n) is 6.59. The van der Waals surface area contributed by atoms with Crippen LogP contribution in [0.4, 0.5) is 5.13 Å². The second kappa shape index (κ2) is 5.35. The van der Waals surface area contributed by atoms with Crippen molar-refractivity contribution in [1.29, 1.82) is 0 Å². The highest BCUT2D eigenvalue weighted by molar-refractivity contribution is 7.15. The van der Waals surface area contributed by atoms with Gasteiger partial charge in [-0.15, -0.1) is 10.2 Å². The van der Waals surface area contributed by atoms with Crippen LogP contribution < -0.4 is 10.2 Å². The number of carbonyl (C=O) groups excluding carboxylic acids is 1. The summed E-state index contributed by atoms with van der Waals surface area (Å²) in [5.41, 5.74) is 0.472. The lowest BCUT2D eigenvalue weighted by atomic mass is 9.98. The molecule has 0 bridgehead atoms. The number of hydrogen-bond donors (Lipinski definition) is 1. The van der Waals surface area contributed by atoms with E-state index in [9.17, 15) is 4.79 Å². The van der Waals surface area contributed by atoms with Gasteiger partial charge in [0, 0.05) is 31.7 Å². The summed E-state index contributed by atoms with van der Waals surface area (Å²) in [5, 5.41) is 17.5. The molecule has 1 aliphatic heterocycles. The molecule has 3 heterocycles. The van der Waals surface area contributed by atoms with Gasteiger partial charge in [0.2, 0.25) is 5.13 Å². The third kappa shape index (κ3) is 2.96. The molecule has 3 rings (SSSR count). The van der Waals surface area contributed by atoms with Crippen molar-refractivity contribution in [2.45, 2.75) is 32.2 Å². The van der Waals surface area contributed by atoms with Crippen LogP contribution in [0.25, 0.3) is 0 Å². The molecule has 8 heteroatoms. The normalized spacial score (nSPS) is 15.7. The van der Waals surface area contributed by atoms with E-state index >= 15 is 0 Å². The molecule has 1 fully saturated rings. The summed E-state index contributed by atoms with van der Waals surface area (Å²) < 4.78 is 1.62. The van der Waals surface area contributed by atoms with Gasteiger partial charge in [-0.05, 0) is 6.07 Å². The Bertz CT molecular complexity index is 680. The van der Waals surface area contributed by atoms with Crippen molar-refractivity contribution < 1.29 is 4.79 Å². The predicted molar refractivity (Wildman–Crippen MR) is 85.3 cm³/mol. The Hall–Kier alpha value is -1.96. The van der Waals surface area contributed by atoms with E-state index in [2.05, 4.69) is 46.3 Å². The van der Waals surface area contributed by atoms with E-state index in [0.717, 1.165) is 23.2 Å². The summed E-state index contributed by atoms with van der Waals surface area (Å²) in [4.78, 5) is 14.1. The molecule has 1 amide bonds. The average molecular weight is 320 g/mol. The van der Waals surface area contributed by atoms with Gasteiger partial charge in [0.1, 0.15) is 10.7 Å². The summed E-state index contributed by atoms with van der Waals surface area (Å²) in [7, 11) is 1.80. The summed E-state index contributed by atoms with van der Waals surface area (Å²) in [6.07, 6.45) is 1.76. The second-order valence-corrected chi connectivity index (χ2v) is 7.55. The van der Waals surface area contributed by atoms with Crippen LogP contribution in [0.3, 0.4) is 0 Å². The third-order valence-electron chi connectivity index (χ3n) is 3.49. The Morgan fingerprint density at radius 2 is 2.09 bits per heavy atom. The fraction of sp³-hybridized carbons (Fsp3) is 0.571. The molecule has 0 atom stereocenters. The van der Waals surface area contributed by atoms with Crippen molar-refractivity contribution in [3.8, 4) is 0 Å². The predicted octanol–water partition coefficient (Wildman–Crippen LogP) is 1.19. The Morgan fingerprint density at radius 3 is 2.64 bits per heavy atom. The molecular weight excluding hydrogens is 300 g/mol. The quantitative estimate of drug-likeness (QED) is 0.919. The van der Waals surface area contributed by atoms with Crippen molar-refractivity contribution in [2.24, 2.45) is 7.05 Å². The number of aryl methyl sites for hydroxylation is 1. The van der Waals surface area contributed by atoms with Crippen LogP contribution in [-0.2, 0) is 12.5 Å². The lowest BCUT2D eigenvalue weighted by Gasteiger charge is -2.38. The van der Waals surface area contributed by atoms with Crippen molar-refractivity contribution in [3.05, 3.63) is 23.0 Å². The molecule has 1 aliphatic rings. The van der Waals surface area contributed by atoms with Gasteiger partial charge in [0.25, 0.3) is 5.91 Å². The van der Waals surface area contributed by atoms with E-state index in [1.165, 1.54) is 0 Å². The summed E-state index contributed by atoms with van der Waals surface area (Å²) in [6, 6.07) is 1.85. The molecule has 0 saturated carbocycles. The number of hydrogen-bond acceptors (Lipinski definition) is 6. The van der Waals surface area contributed by atoms with E-state index in [4.69, 9.17) is 0 Å². The first-order chi connectivity index (χ1) is 10.3. The molecule has 0 radical (unpaired) electrons. The minimum absolute atomic E-state index is 0.0212. The fourth-order valence-electron chi connectivity index (χ4n) is 2.17. The first-order valence-electron chi connectivity index (χ1n) is 7.22. The molecule has 22 heavy (non-hydrogen) atoms. The number of amides is 1. The van der Waals surface area contributed by atoms with Crippen LogP contribution >= 0.6 is 11.3 Å². The van der Waals surface area contributed by atoms with E-state index in [-0.39, 0.29) is 17.4 Å². The van der Waals surface area contributed by atoms with Gasteiger partial charge in [-0.3, -0.25) is 9.48 Å². The first-order valence-corrected chi connectivity index (χ1v) is 8.04. The number of nitrogens with one attached hydrogen (secondary N) is 1. The van der Waals surface area contributed by atoms with E-state index in [0.29, 0.717) is 5.69 Å². The number of nitrogens with zero attached hydrogens (tertiary/aromatic N) is 5. The van der Waals surface area contributed by atoms with Gasteiger partial charge in [0.15, 0.2) is 0 Å². The minimum atomic E-state index is -0.127. The van der Waals surface area contributed by atoms with Gasteiger partial charge in [0.05, 0.1) is 6.04 Å². The zero-order valence-electron chi connectivity index (χ0n) is 13.2. The molecule has 1 saturated heterocycles. The van der Waals surface area contributed by atoms with Gasteiger partial charge in [-0.1, -0.05) is 32.1 Å². The smallest absolute Gasteiger partial charge is 0.272 e. The van der Waals surface area contributed by atoms with Crippen LogP contribution in [0.5, 0.6) is 0 Å². The fourth-order valence-corrected chi connectivity index (χ4v) is 3.09. The van der Waals surface area contributed by atoms with Crippen molar-refractivity contribution >= 4 is 22.4 Å². The third-order valence-corrected chi connectivity index (χ3v) is 4.90. The maximum Gasteiger partial charge on any atom is 0.272 e. The largest absolute Gasteiger partial charge is 0.344 e. The van der Waals surface area contributed by atoms with Gasteiger partial charge in [-0.25, -0.2) is 0 Å². The highest BCUT2D eigenvalue weighted by atomic mass is 32.1. The summed E-state index contributed by atoms with van der Waals surface area (Å²) >= 11 is 1.62. The SMILES string of the molecule is Cn1ccc(C(=O)NC2CN(c3nnc(C(C)(C)C)s3)C2)n1. The topological polar surface area (TPSA) is 75.9 Å². The molecule has 0 aromatic carbocycles. The Balaban J connectivity index is 1.54. The maximum absolute atomic E-state index is 12.0. The molecule has 1 N–H and O–H groups in total. The zero-order chi connectivity index (χ0) is 15.9. The lowest BCUT2D eigenvalue weighted by molar-refractivity contribution is 0.0924. The Kier molecular flexibility index (Phi) is 3.64. The molecule has 0 aliphatic carbocycles. The Labute approximate surface area is 133 Å². The highest BCUT2D eigenvalue weighted by Gasteiger charge is 2.32. The first kappa shape index (κ1) is 15.0. The van der Waals surface area contributed by atoms with Crippen molar-refractivity contribution in [3.63, 3.8) is 0 Å². The number of aromatic nitrogens is 4. The lowest BCUT2D eigenvalue weighted by Crippen LogP contribution is -2.59. The zero-order valence-corrected chi connectivity index (χ0v) is 14.0. The van der Waals surface area contributed by atoms with Gasteiger partial charge >= 0.3 is 0 Å². The molecule has 0 spiro atoms. The average Bonchev–Trinajstić information content (AvgIpc) is 3.00. The van der Waals surface area contributed by atoms with Crippen LogP contribution in [0.2, 0.25) is 0 Å². The molecule has 0 unspecified atom stereocenters. The summed E-state index contributed by atoms with van der Waals surface area (Å²) in [6.45, 7) is 7.91.